The topological polar surface area (TPSA) is 84.2 Å². The lowest BCUT2D eigenvalue weighted by Gasteiger charge is -2.15. The van der Waals surface area contributed by atoms with Gasteiger partial charge in [-0.2, -0.15) is 0 Å². The third-order valence-corrected chi connectivity index (χ3v) is 2.31. The summed E-state index contributed by atoms with van der Waals surface area (Å²) in [5, 5.41) is 2.62. The molecular weight excluding hydrogens is 194 g/mol. The van der Waals surface area contributed by atoms with E-state index in [-0.39, 0.29) is 6.04 Å². The summed E-state index contributed by atoms with van der Waals surface area (Å²) in [6.45, 7) is 5.74. The van der Waals surface area contributed by atoms with Crippen LogP contribution < -0.4 is 16.6 Å². The van der Waals surface area contributed by atoms with E-state index < -0.39 is 17.7 Å². The summed E-state index contributed by atoms with van der Waals surface area (Å²) in [5.41, 5.74) is 2.36. The van der Waals surface area contributed by atoms with E-state index >= 15 is 0 Å². The van der Waals surface area contributed by atoms with E-state index in [4.69, 9.17) is 5.84 Å². The molecule has 0 aliphatic heterocycles. The van der Waals surface area contributed by atoms with Crippen molar-refractivity contribution >= 4 is 11.7 Å². The van der Waals surface area contributed by atoms with Crippen molar-refractivity contribution in [2.24, 2.45) is 5.84 Å². The fourth-order valence-corrected chi connectivity index (χ4v) is 1.13. The first kappa shape index (κ1) is 14.1. The van der Waals surface area contributed by atoms with Crippen molar-refractivity contribution in [2.75, 3.05) is 0 Å². The minimum Gasteiger partial charge on any atom is -0.347 e. The van der Waals surface area contributed by atoms with E-state index in [9.17, 15) is 9.59 Å². The summed E-state index contributed by atoms with van der Waals surface area (Å²) >= 11 is 0. The molecule has 0 aromatic heterocycles. The zero-order chi connectivity index (χ0) is 11.8. The molecule has 0 fully saturated rings. The van der Waals surface area contributed by atoms with E-state index in [1.54, 1.807) is 0 Å². The predicted molar refractivity (Wildman–Crippen MR) is 58.9 cm³/mol. The van der Waals surface area contributed by atoms with Crippen LogP contribution in [0.25, 0.3) is 0 Å². The van der Waals surface area contributed by atoms with Gasteiger partial charge in [-0.25, -0.2) is 5.43 Å². The molecule has 5 heteroatoms. The molecule has 0 spiro atoms. The minimum atomic E-state index is -0.570. The zero-order valence-corrected chi connectivity index (χ0v) is 9.67. The third kappa shape index (κ3) is 4.90. The van der Waals surface area contributed by atoms with Crippen molar-refractivity contribution in [1.82, 2.24) is 10.7 Å². The van der Waals surface area contributed by atoms with Gasteiger partial charge in [0, 0.05) is 6.04 Å². The average Bonchev–Trinajstić information content (AvgIpc) is 2.24. The van der Waals surface area contributed by atoms with Crippen molar-refractivity contribution in [1.29, 1.82) is 0 Å². The van der Waals surface area contributed by atoms with Gasteiger partial charge in [0.15, 0.2) is 0 Å². The Balaban J connectivity index is 4.22. The molecular formula is C10H21N3O2. The van der Waals surface area contributed by atoms with Crippen molar-refractivity contribution in [3.05, 3.63) is 0 Å². The number of Topliss-reactive ketones (excluding diaryl/α,β-unsaturated/α-hetero) is 1. The van der Waals surface area contributed by atoms with E-state index in [0.29, 0.717) is 6.42 Å². The first-order chi connectivity index (χ1) is 7.06. The highest BCUT2D eigenvalue weighted by Crippen LogP contribution is 1.98. The number of amides is 1. The Labute approximate surface area is 90.8 Å². The van der Waals surface area contributed by atoms with Crippen molar-refractivity contribution in [3.63, 3.8) is 0 Å². The van der Waals surface area contributed by atoms with E-state index in [2.05, 4.69) is 10.7 Å². The van der Waals surface area contributed by atoms with Gasteiger partial charge in [0.2, 0.25) is 5.78 Å². The summed E-state index contributed by atoms with van der Waals surface area (Å²) < 4.78 is 0. The average molecular weight is 215 g/mol. The van der Waals surface area contributed by atoms with Crippen LogP contribution in [0.5, 0.6) is 0 Å². The molecule has 0 heterocycles. The van der Waals surface area contributed by atoms with Crippen LogP contribution in [-0.2, 0) is 9.59 Å². The number of rotatable bonds is 7. The van der Waals surface area contributed by atoms with Crippen LogP contribution in [0.1, 0.15) is 40.0 Å². The maximum absolute atomic E-state index is 11.6. The molecule has 0 aliphatic rings. The Hall–Kier alpha value is -0.940. The van der Waals surface area contributed by atoms with Crippen LogP contribution in [0.3, 0.4) is 0 Å². The Morgan fingerprint density at radius 3 is 2.33 bits per heavy atom. The normalized spacial score (nSPS) is 14.4. The highest BCUT2D eigenvalue weighted by atomic mass is 16.2. The van der Waals surface area contributed by atoms with Crippen LogP contribution in [0.2, 0.25) is 0 Å². The second-order valence-corrected chi connectivity index (χ2v) is 3.65. The SMILES string of the molecule is CCCC(NN)C(=O)C(=O)NC(C)CC. The standard InChI is InChI=1S/C10H21N3O2/c1-4-6-8(13-11)9(14)10(15)12-7(3)5-2/h7-8,13H,4-6,11H2,1-3H3,(H,12,15). The minimum absolute atomic E-state index is 0.0153. The zero-order valence-electron chi connectivity index (χ0n) is 9.67. The maximum atomic E-state index is 11.6. The van der Waals surface area contributed by atoms with Gasteiger partial charge in [0.25, 0.3) is 5.91 Å². The van der Waals surface area contributed by atoms with Crippen LogP contribution in [-0.4, -0.2) is 23.8 Å². The van der Waals surface area contributed by atoms with Crippen LogP contribution >= 0.6 is 0 Å². The number of nitrogens with two attached hydrogens (primary N) is 1. The Morgan fingerprint density at radius 2 is 1.93 bits per heavy atom. The van der Waals surface area contributed by atoms with Gasteiger partial charge in [-0.1, -0.05) is 20.3 Å². The fraction of sp³-hybridized carbons (Fsp3) is 0.800. The number of hydrogen-bond acceptors (Lipinski definition) is 4. The lowest BCUT2D eigenvalue weighted by atomic mass is 10.1. The van der Waals surface area contributed by atoms with Gasteiger partial charge >= 0.3 is 0 Å². The molecule has 88 valence electrons. The predicted octanol–water partition coefficient (Wildman–Crippen LogP) is 0.102. The van der Waals surface area contributed by atoms with Gasteiger partial charge in [0.05, 0.1) is 6.04 Å². The number of ketones is 1. The highest BCUT2D eigenvalue weighted by Gasteiger charge is 2.23. The summed E-state index contributed by atoms with van der Waals surface area (Å²) in [6.07, 6.45) is 2.17. The highest BCUT2D eigenvalue weighted by molar-refractivity contribution is 6.38. The van der Waals surface area contributed by atoms with Gasteiger partial charge in [-0.05, 0) is 19.8 Å². The molecule has 0 bridgehead atoms. The number of nitrogens with one attached hydrogen (secondary N) is 2. The number of hydrogen-bond donors (Lipinski definition) is 3. The Morgan fingerprint density at radius 1 is 1.33 bits per heavy atom. The summed E-state index contributed by atoms with van der Waals surface area (Å²) in [7, 11) is 0. The lowest BCUT2D eigenvalue weighted by Crippen LogP contribution is -2.49. The van der Waals surface area contributed by atoms with E-state index in [1.807, 2.05) is 20.8 Å². The Bertz CT molecular complexity index is 219. The molecule has 0 saturated carbocycles. The van der Waals surface area contributed by atoms with Crippen molar-refractivity contribution in [2.45, 2.75) is 52.1 Å². The lowest BCUT2D eigenvalue weighted by molar-refractivity contribution is -0.139. The summed E-state index contributed by atoms with van der Waals surface area (Å²) in [5.74, 6) is 4.17. The first-order valence-corrected chi connectivity index (χ1v) is 5.37. The van der Waals surface area contributed by atoms with Crippen LogP contribution in [0.4, 0.5) is 0 Å². The molecule has 2 unspecified atom stereocenters. The Kier molecular flexibility index (Phi) is 6.90. The molecule has 4 N–H and O–H groups in total. The van der Waals surface area contributed by atoms with Gasteiger partial charge in [0.1, 0.15) is 0 Å². The summed E-state index contributed by atoms with van der Waals surface area (Å²) in [6, 6.07) is -0.555. The molecule has 0 radical (unpaired) electrons. The second-order valence-electron chi connectivity index (χ2n) is 3.65. The smallest absolute Gasteiger partial charge is 0.289 e. The fourth-order valence-electron chi connectivity index (χ4n) is 1.13. The maximum Gasteiger partial charge on any atom is 0.289 e. The van der Waals surface area contributed by atoms with Crippen molar-refractivity contribution in [3.8, 4) is 0 Å². The molecule has 0 saturated heterocycles. The molecule has 1 amide bonds. The largest absolute Gasteiger partial charge is 0.347 e. The number of carbonyl (C=O) groups is 2. The van der Waals surface area contributed by atoms with Gasteiger partial charge in [-0.3, -0.25) is 15.4 Å². The van der Waals surface area contributed by atoms with Gasteiger partial charge in [-0.15, -0.1) is 0 Å². The van der Waals surface area contributed by atoms with Crippen molar-refractivity contribution < 1.29 is 9.59 Å². The molecule has 15 heavy (non-hydrogen) atoms. The number of carbonyl (C=O) groups excluding carboxylic acids is 2. The molecule has 0 aromatic rings. The monoisotopic (exact) mass is 215 g/mol. The molecule has 2 atom stereocenters. The van der Waals surface area contributed by atoms with Crippen LogP contribution in [0.15, 0.2) is 0 Å². The molecule has 0 aromatic carbocycles. The van der Waals surface area contributed by atoms with E-state index in [1.165, 1.54) is 0 Å². The third-order valence-electron chi connectivity index (χ3n) is 2.31. The number of hydrazine groups is 1. The summed E-state index contributed by atoms with van der Waals surface area (Å²) in [4.78, 5) is 23.0. The van der Waals surface area contributed by atoms with Crippen LogP contribution in [0, 0.1) is 0 Å². The quantitative estimate of drug-likeness (QED) is 0.319. The van der Waals surface area contributed by atoms with Gasteiger partial charge < -0.3 is 5.32 Å². The second kappa shape index (κ2) is 7.36. The molecule has 5 nitrogen and oxygen atoms in total. The van der Waals surface area contributed by atoms with E-state index in [0.717, 1.165) is 12.8 Å². The molecule has 0 rings (SSSR count). The molecule has 0 aliphatic carbocycles. The first-order valence-electron chi connectivity index (χ1n) is 5.37.